The van der Waals surface area contributed by atoms with Gasteiger partial charge in [-0.3, -0.25) is 14.8 Å². The molecular weight excluding hydrogens is 310 g/mol. The number of anilines is 1. The van der Waals surface area contributed by atoms with Gasteiger partial charge in [0.15, 0.2) is 0 Å². The molecule has 0 atom stereocenters. The van der Waals surface area contributed by atoms with E-state index in [1.165, 1.54) is 0 Å². The summed E-state index contributed by atoms with van der Waals surface area (Å²) in [7, 11) is 1.77. The van der Waals surface area contributed by atoms with Crippen molar-refractivity contribution in [3.63, 3.8) is 0 Å². The molecule has 8 heteroatoms. The van der Waals surface area contributed by atoms with Crippen LogP contribution in [0.2, 0.25) is 0 Å². The van der Waals surface area contributed by atoms with Crippen molar-refractivity contribution >= 4 is 11.9 Å². The number of benzene rings is 1. The van der Waals surface area contributed by atoms with E-state index in [-0.39, 0.29) is 18.3 Å². The number of hydrogen-bond acceptors (Lipinski definition) is 6. The number of aromatic nitrogens is 4. The lowest BCUT2D eigenvalue weighted by Crippen LogP contribution is -2.14. The Kier molecular flexibility index (Phi) is 4.55. The lowest BCUT2D eigenvalue weighted by molar-refractivity contribution is -0.115. The molecule has 0 unspecified atom stereocenters. The van der Waals surface area contributed by atoms with Crippen LogP contribution in [0.3, 0.4) is 0 Å². The van der Waals surface area contributed by atoms with Crippen molar-refractivity contribution in [2.24, 2.45) is 7.05 Å². The zero-order valence-corrected chi connectivity index (χ0v) is 13.4. The van der Waals surface area contributed by atoms with Crippen LogP contribution in [-0.4, -0.2) is 32.5 Å². The summed E-state index contributed by atoms with van der Waals surface area (Å²) in [5.41, 5.74) is 1.54. The zero-order chi connectivity index (χ0) is 16.9. The second-order valence-electron chi connectivity index (χ2n) is 5.05. The lowest BCUT2D eigenvalue weighted by Gasteiger charge is -2.04. The Morgan fingerprint density at radius 1 is 1.25 bits per heavy atom. The van der Waals surface area contributed by atoms with Crippen molar-refractivity contribution in [3.8, 4) is 17.3 Å². The van der Waals surface area contributed by atoms with Gasteiger partial charge in [-0.05, 0) is 30.7 Å². The molecule has 0 bridgehead atoms. The number of rotatable bonds is 6. The number of amides is 1. The summed E-state index contributed by atoms with van der Waals surface area (Å²) in [5, 5.41) is 14.3. The van der Waals surface area contributed by atoms with Crippen LogP contribution in [0.1, 0.15) is 12.5 Å². The normalized spacial score (nSPS) is 10.6. The van der Waals surface area contributed by atoms with Gasteiger partial charge in [-0.15, -0.1) is 5.10 Å². The fraction of sp³-hybridized carbons (Fsp3) is 0.250. The van der Waals surface area contributed by atoms with Crippen LogP contribution in [0.4, 0.5) is 6.01 Å². The summed E-state index contributed by atoms with van der Waals surface area (Å²) in [6.45, 7) is 2.53. The molecule has 8 nitrogen and oxygen atoms in total. The van der Waals surface area contributed by atoms with Gasteiger partial charge in [0.05, 0.1) is 13.0 Å². The van der Waals surface area contributed by atoms with Gasteiger partial charge in [-0.25, -0.2) is 0 Å². The minimum atomic E-state index is -0.237. The van der Waals surface area contributed by atoms with E-state index in [2.05, 4.69) is 20.6 Å². The van der Waals surface area contributed by atoms with Crippen molar-refractivity contribution in [3.05, 3.63) is 42.1 Å². The van der Waals surface area contributed by atoms with Crippen molar-refractivity contribution in [2.45, 2.75) is 13.3 Å². The first kappa shape index (κ1) is 15.7. The number of ether oxygens (including phenoxy) is 1. The lowest BCUT2D eigenvalue weighted by atomic mass is 10.1. The molecule has 0 saturated carbocycles. The van der Waals surface area contributed by atoms with Crippen LogP contribution < -0.4 is 10.1 Å². The third kappa shape index (κ3) is 3.60. The molecule has 2 aromatic heterocycles. The smallest absolute Gasteiger partial charge is 0.322 e. The third-order valence-corrected chi connectivity index (χ3v) is 3.31. The Labute approximate surface area is 138 Å². The minimum Gasteiger partial charge on any atom is -0.494 e. The highest BCUT2D eigenvalue weighted by atomic mass is 16.5. The molecule has 0 aliphatic carbocycles. The Bertz CT molecular complexity index is 822. The van der Waals surface area contributed by atoms with Gasteiger partial charge >= 0.3 is 6.01 Å². The van der Waals surface area contributed by atoms with Crippen LogP contribution in [0.25, 0.3) is 11.6 Å². The second kappa shape index (κ2) is 6.95. The number of carbonyl (C=O) groups excluding carboxylic acids is 1. The van der Waals surface area contributed by atoms with E-state index in [4.69, 9.17) is 9.15 Å². The largest absolute Gasteiger partial charge is 0.494 e. The Balaban J connectivity index is 1.61. The number of nitrogens with zero attached hydrogens (tertiary/aromatic N) is 4. The maximum atomic E-state index is 12.1. The van der Waals surface area contributed by atoms with E-state index < -0.39 is 0 Å². The first-order chi connectivity index (χ1) is 11.7. The van der Waals surface area contributed by atoms with Gasteiger partial charge in [-0.2, -0.15) is 5.10 Å². The predicted octanol–water partition coefficient (Wildman–Crippen LogP) is 2.05. The number of aryl methyl sites for hydroxylation is 1. The van der Waals surface area contributed by atoms with Gasteiger partial charge in [0, 0.05) is 13.2 Å². The molecule has 0 saturated heterocycles. The summed E-state index contributed by atoms with van der Waals surface area (Å²) < 4.78 is 12.4. The van der Waals surface area contributed by atoms with Gasteiger partial charge in [-0.1, -0.05) is 17.2 Å². The van der Waals surface area contributed by atoms with Crippen LogP contribution in [0.15, 0.2) is 40.9 Å². The highest BCUT2D eigenvalue weighted by molar-refractivity contribution is 5.90. The molecule has 24 heavy (non-hydrogen) atoms. The van der Waals surface area contributed by atoms with E-state index >= 15 is 0 Å². The Morgan fingerprint density at radius 3 is 2.71 bits per heavy atom. The molecular formula is C16H17N5O3. The molecule has 0 aliphatic heterocycles. The van der Waals surface area contributed by atoms with E-state index in [1.807, 2.05) is 31.2 Å². The van der Waals surface area contributed by atoms with Crippen molar-refractivity contribution in [1.29, 1.82) is 0 Å². The molecule has 1 amide bonds. The van der Waals surface area contributed by atoms with E-state index in [9.17, 15) is 4.79 Å². The first-order valence-corrected chi connectivity index (χ1v) is 7.49. The van der Waals surface area contributed by atoms with Crippen LogP contribution in [0.5, 0.6) is 5.75 Å². The monoisotopic (exact) mass is 327 g/mol. The maximum absolute atomic E-state index is 12.1. The van der Waals surface area contributed by atoms with E-state index in [0.717, 1.165) is 11.3 Å². The Morgan fingerprint density at radius 2 is 2.04 bits per heavy atom. The van der Waals surface area contributed by atoms with Crippen LogP contribution >= 0.6 is 0 Å². The molecule has 124 valence electrons. The van der Waals surface area contributed by atoms with Gasteiger partial charge in [0.25, 0.3) is 5.89 Å². The summed E-state index contributed by atoms with van der Waals surface area (Å²) in [6.07, 6.45) is 1.83. The van der Waals surface area contributed by atoms with Gasteiger partial charge < -0.3 is 9.15 Å². The highest BCUT2D eigenvalue weighted by Gasteiger charge is 2.14. The molecule has 0 radical (unpaired) electrons. The number of hydrogen-bond donors (Lipinski definition) is 1. The fourth-order valence-corrected chi connectivity index (χ4v) is 2.18. The number of carbonyl (C=O) groups is 1. The molecule has 3 aromatic rings. The maximum Gasteiger partial charge on any atom is 0.322 e. The zero-order valence-electron chi connectivity index (χ0n) is 13.4. The molecule has 0 spiro atoms. The molecule has 0 aliphatic rings. The van der Waals surface area contributed by atoms with Crippen LogP contribution in [-0.2, 0) is 18.3 Å². The number of nitrogens with one attached hydrogen (secondary N) is 1. The SMILES string of the molecule is CCOc1ccc(CC(=O)Nc2nnc(-c3ccnn3C)o2)cc1. The molecule has 1 N–H and O–H groups in total. The Hall–Kier alpha value is -3.16. The quantitative estimate of drug-likeness (QED) is 0.744. The molecule has 2 heterocycles. The topological polar surface area (TPSA) is 95.1 Å². The fourth-order valence-electron chi connectivity index (χ4n) is 2.18. The van der Waals surface area contributed by atoms with E-state index in [1.54, 1.807) is 24.0 Å². The summed E-state index contributed by atoms with van der Waals surface area (Å²) in [4.78, 5) is 12.1. The summed E-state index contributed by atoms with van der Waals surface area (Å²) in [5.74, 6) is 0.838. The predicted molar refractivity (Wildman–Crippen MR) is 86.4 cm³/mol. The van der Waals surface area contributed by atoms with Gasteiger partial charge in [0.1, 0.15) is 11.4 Å². The van der Waals surface area contributed by atoms with Crippen molar-refractivity contribution in [2.75, 3.05) is 11.9 Å². The van der Waals surface area contributed by atoms with E-state index in [0.29, 0.717) is 18.2 Å². The highest BCUT2D eigenvalue weighted by Crippen LogP contribution is 2.19. The third-order valence-electron chi connectivity index (χ3n) is 3.31. The molecule has 1 aromatic carbocycles. The average Bonchev–Trinajstić information content (AvgIpc) is 3.18. The second-order valence-corrected chi connectivity index (χ2v) is 5.05. The summed E-state index contributed by atoms with van der Waals surface area (Å²) >= 11 is 0. The minimum absolute atomic E-state index is 0.0575. The van der Waals surface area contributed by atoms with Crippen molar-refractivity contribution < 1.29 is 13.9 Å². The average molecular weight is 327 g/mol. The summed E-state index contributed by atoms with van der Waals surface area (Å²) in [6, 6.07) is 9.17. The van der Waals surface area contributed by atoms with Crippen LogP contribution in [0, 0.1) is 0 Å². The first-order valence-electron chi connectivity index (χ1n) is 7.49. The standard InChI is InChI=1S/C16H17N5O3/c1-3-23-12-6-4-11(5-7-12)10-14(22)18-16-20-19-15(24-16)13-8-9-17-21(13)2/h4-9H,3,10H2,1-2H3,(H,18,20,22). The molecule has 0 fully saturated rings. The van der Waals surface area contributed by atoms with Gasteiger partial charge in [0.2, 0.25) is 5.91 Å². The molecule has 3 rings (SSSR count). The van der Waals surface area contributed by atoms with Crippen molar-refractivity contribution in [1.82, 2.24) is 20.0 Å².